The first-order chi connectivity index (χ1) is 9.49. The minimum atomic E-state index is -0.596. The van der Waals surface area contributed by atoms with Crippen molar-refractivity contribution in [3.05, 3.63) is 67.6 Å². The van der Waals surface area contributed by atoms with Gasteiger partial charge in [0.2, 0.25) is 0 Å². The van der Waals surface area contributed by atoms with Crippen molar-refractivity contribution < 1.29 is 9.72 Å². The number of carbonyl (C=O) groups is 1. The van der Waals surface area contributed by atoms with Gasteiger partial charge in [-0.2, -0.15) is 0 Å². The molecule has 0 atom stereocenters. The van der Waals surface area contributed by atoms with E-state index in [1.54, 1.807) is 24.3 Å². The molecule has 0 saturated carbocycles. The summed E-state index contributed by atoms with van der Waals surface area (Å²) in [5, 5.41) is 13.7. The van der Waals surface area contributed by atoms with E-state index < -0.39 is 10.8 Å². The quantitative estimate of drug-likeness (QED) is 0.660. The first-order valence-electron chi connectivity index (χ1n) is 5.49. The fourth-order valence-electron chi connectivity index (χ4n) is 1.60. The number of nitrogens with zero attached hydrogens (tertiary/aromatic N) is 1. The average Bonchev–Trinajstić information content (AvgIpc) is 2.41. The van der Waals surface area contributed by atoms with Crippen molar-refractivity contribution in [1.82, 2.24) is 0 Å². The third-order valence-corrected chi connectivity index (χ3v) is 3.45. The summed E-state index contributed by atoms with van der Waals surface area (Å²) in [5.41, 5.74) is 0.231. The van der Waals surface area contributed by atoms with Gasteiger partial charge in [0.15, 0.2) is 0 Å². The number of hydrogen-bond donors (Lipinski definition) is 1. The molecule has 1 amide bonds. The maximum absolute atomic E-state index is 12.1. The van der Waals surface area contributed by atoms with Crippen LogP contribution in [0.2, 0.25) is 5.02 Å². The Balaban J connectivity index is 2.33. The van der Waals surface area contributed by atoms with E-state index >= 15 is 0 Å². The molecule has 0 aromatic heterocycles. The lowest BCUT2D eigenvalue weighted by Gasteiger charge is -2.07. The monoisotopic (exact) mass is 354 g/mol. The highest BCUT2D eigenvalue weighted by atomic mass is 79.9. The summed E-state index contributed by atoms with van der Waals surface area (Å²) in [6.45, 7) is 0. The topological polar surface area (TPSA) is 72.2 Å². The first kappa shape index (κ1) is 14.5. The van der Waals surface area contributed by atoms with Crippen molar-refractivity contribution in [3.8, 4) is 0 Å². The van der Waals surface area contributed by atoms with Gasteiger partial charge in [-0.1, -0.05) is 23.7 Å². The van der Waals surface area contributed by atoms with Crippen LogP contribution in [0.25, 0.3) is 0 Å². The summed E-state index contributed by atoms with van der Waals surface area (Å²) < 4.78 is 0.606. The zero-order valence-electron chi connectivity index (χ0n) is 9.97. The van der Waals surface area contributed by atoms with Crippen LogP contribution in [0.1, 0.15) is 10.4 Å². The molecule has 0 aliphatic rings. The van der Waals surface area contributed by atoms with Gasteiger partial charge >= 0.3 is 0 Å². The van der Waals surface area contributed by atoms with Gasteiger partial charge < -0.3 is 5.32 Å². The Labute approximate surface area is 127 Å². The molecule has 102 valence electrons. The maximum Gasteiger partial charge on any atom is 0.294 e. The number of nitro groups is 1. The number of benzene rings is 2. The zero-order valence-corrected chi connectivity index (χ0v) is 12.3. The Kier molecular flexibility index (Phi) is 4.36. The number of halogens is 2. The van der Waals surface area contributed by atoms with E-state index in [2.05, 4.69) is 21.2 Å². The second-order valence-electron chi connectivity index (χ2n) is 3.85. The molecule has 0 aliphatic heterocycles. The summed E-state index contributed by atoms with van der Waals surface area (Å²) >= 11 is 8.97. The minimum Gasteiger partial charge on any atom is -0.316 e. The molecule has 2 aromatic carbocycles. The molecule has 0 bridgehead atoms. The van der Waals surface area contributed by atoms with Gasteiger partial charge in [-0.3, -0.25) is 14.9 Å². The first-order valence-corrected chi connectivity index (χ1v) is 6.66. The predicted molar refractivity (Wildman–Crippen MR) is 80.2 cm³/mol. The molecular weight excluding hydrogens is 348 g/mol. The highest BCUT2D eigenvalue weighted by Crippen LogP contribution is 2.28. The van der Waals surface area contributed by atoms with Crippen LogP contribution in [0.4, 0.5) is 11.4 Å². The molecule has 0 aliphatic carbocycles. The summed E-state index contributed by atoms with van der Waals surface area (Å²) in [6, 6.07) is 10.9. The molecule has 0 fully saturated rings. The molecule has 20 heavy (non-hydrogen) atoms. The van der Waals surface area contributed by atoms with E-state index in [-0.39, 0.29) is 16.4 Å². The minimum absolute atomic E-state index is 0.0974. The fraction of sp³-hybridized carbons (Fsp3) is 0. The van der Waals surface area contributed by atoms with Crippen LogP contribution in [0.15, 0.2) is 46.9 Å². The zero-order chi connectivity index (χ0) is 14.7. The maximum atomic E-state index is 12.1. The van der Waals surface area contributed by atoms with Crippen LogP contribution >= 0.6 is 27.5 Å². The van der Waals surface area contributed by atoms with E-state index in [9.17, 15) is 14.9 Å². The Hall–Kier alpha value is -1.92. The van der Waals surface area contributed by atoms with Crippen LogP contribution in [-0.4, -0.2) is 10.8 Å². The van der Waals surface area contributed by atoms with Crippen molar-refractivity contribution >= 4 is 44.8 Å². The van der Waals surface area contributed by atoms with Crippen molar-refractivity contribution in [2.24, 2.45) is 0 Å². The van der Waals surface area contributed by atoms with E-state index in [1.165, 1.54) is 18.2 Å². The number of hydrogen-bond acceptors (Lipinski definition) is 3. The van der Waals surface area contributed by atoms with E-state index in [0.29, 0.717) is 10.0 Å². The largest absolute Gasteiger partial charge is 0.316 e. The third kappa shape index (κ3) is 3.15. The van der Waals surface area contributed by atoms with Gasteiger partial charge in [0, 0.05) is 15.6 Å². The molecule has 2 aromatic rings. The summed E-state index contributed by atoms with van der Waals surface area (Å²) in [6.07, 6.45) is 0. The summed E-state index contributed by atoms with van der Waals surface area (Å²) in [4.78, 5) is 22.4. The standard InChI is InChI=1S/C13H8BrClN2O3/c14-10-4-2-1-3-9(10)13(18)16-11-6-5-8(15)7-12(11)17(19)20/h1-7H,(H,16,18). The molecule has 7 heteroatoms. The van der Waals surface area contributed by atoms with Gasteiger partial charge in [-0.25, -0.2) is 0 Å². The molecular formula is C13H8BrClN2O3. The number of carbonyl (C=O) groups excluding carboxylic acids is 1. The molecule has 5 nitrogen and oxygen atoms in total. The van der Waals surface area contributed by atoms with Crippen molar-refractivity contribution in [2.75, 3.05) is 5.32 Å². The van der Waals surface area contributed by atoms with Crippen LogP contribution in [0.5, 0.6) is 0 Å². The summed E-state index contributed by atoms with van der Waals surface area (Å²) in [5.74, 6) is -0.442. The average molecular weight is 356 g/mol. The number of anilines is 1. The van der Waals surface area contributed by atoms with Gasteiger partial charge in [0.25, 0.3) is 11.6 Å². The highest BCUT2D eigenvalue weighted by Gasteiger charge is 2.18. The number of nitro benzene ring substituents is 1. The highest BCUT2D eigenvalue weighted by molar-refractivity contribution is 9.10. The molecule has 0 saturated heterocycles. The van der Waals surface area contributed by atoms with Crippen LogP contribution < -0.4 is 5.32 Å². The van der Waals surface area contributed by atoms with Crippen molar-refractivity contribution in [2.45, 2.75) is 0 Å². The van der Waals surface area contributed by atoms with E-state index in [1.807, 2.05) is 0 Å². The number of nitrogens with one attached hydrogen (secondary N) is 1. The lowest BCUT2D eigenvalue weighted by atomic mass is 10.2. The molecule has 0 spiro atoms. The van der Waals surface area contributed by atoms with Gasteiger partial charge in [-0.15, -0.1) is 0 Å². The summed E-state index contributed by atoms with van der Waals surface area (Å²) in [7, 11) is 0. The van der Waals surface area contributed by atoms with Crippen LogP contribution in [0, 0.1) is 10.1 Å². The SMILES string of the molecule is O=C(Nc1ccc(Cl)cc1[N+](=O)[O-])c1ccccc1Br. The fourth-order valence-corrected chi connectivity index (χ4v) is 2.23. The second kappa shape index (κ2) is 6.02. The van der Waals surface area contributed by atoms with Crippen molar-refractivity contribution in [1.29, 1.82) is 0 Å². The Morgan fingerprint density at radius 2 is 1.95 bits per heavy atom. The Morgan fingerprint density at radius 3 is 2.60 bits per heavy atom. The van der Waals surface area contributed by atoms with Crippen molar-refractivity contribution in [3.63, 3.8) is 0 Å². The number of amides is 1. The van der Waals surface area contributed by atoms with Crippen LogP contribution in [-0.2, 0) is 0 Å². The van der Waals surface area contributed by atoms with E-state index in [0.717, 1.165) is 0 Å². The lowest BCUT2D eigenvalue weighted by molar-refractivity contribution is -0.383. The smallest absolute Gasteiger partial charge is 0.294 e. The lowest BCUT2D eigenvalue weighted by Crippen LogP contribution is -2.13. The Bertz CT molecular complexity index is 691. The van der Waals surface area contributed by atoms with Crippen LogP contribution in [0.3, 0.4) is 0 Å². The predicted octanol–water partition coefficient (Wildman–Crippen LogP) is 4.26. The molecule has 1 N–H and O–H groups in total. The normalized spacial score (nSPS) is 10.1. The molecule has 0 unspecified atom stereocenters. The molecule has 0 heterocycles. The molecule has 2 rings (SSSR count). The van der Waals surface area contributed by atoms with Gasteiger partial charge in [0.05, 0.1) is 10.5 Å². The van der Waals surface area contributed by atoms with Gasteiger partial charge in [0.1, 0.15) is 5.69 Å². The number of rotatable bonds is 3. The second-order valence-corrected chi connectivity index (χ2v) is 5.14. The van der Waals surface area contributed by atoms with Gasteiger partial charge in [-0.05, 0) is 40.2 Å². The Morgan fingerprint density at radius 1 is 1.25 bits per heavy atom. The van der Waals surface area contributed by atoms with E-state index in [4.69, 9.17) is 11.6 Å². The third-order valence-electron chi connectivity index (χ3n) is 2.52. The molecule has 0 radical (unpaired) electrons.